The van der Waals surface area contributed by atoms with Crippen molar-refractivity contribution in [3.8, 4) is 5.88 Å². The van der Waals surface area contributed by atoms with Crippen molar-refractivity contribution in [3.05, 3.63) is 57.0 Å². The molecule has 150 valence electrons. The van der Waals surface area contributed by atoms with E-state index in [0.29, 0.717) is 30.8 Å². The minimum absolute atomic E-state index is 0.414. The summed E-state index contributed by atoms with van der Waals surface area (Å²) >= 11 is 6.77. The van der Waals surface area contributed by atoms with Crippen molar-refractivity contribution in [1.82, 2.24) is 15.4 Å². The van der Waals surface area contributed by atoms with Gasteiger partial charge in [-0.3, -0.25) is 4.99 Å². The number of fused-ring (bicyclic) bond motifs is 3. The van der Waals surface area contributed by atoms with Gasteiger partial charge in [-0.1, -0.05) is 17.7 Å². The smallest absolute Gasteiger partial charge is 0.213 e. The molecule has 0 bridgehead atoms. The minimum Gasteiger partial charge on any atom is -0.481 e. The van der Waals surface area contributed by atoms with Crippen molar-refractivity contribution in [3.63, 3.8) is 0 Å². The number of allylic oxidation sites excluding steroid dienone is 1. The first-order chi connectivity index (χ1) is 14.2. The fourth-order valence-corrected chi connectivity index (χ4v) is 5.05. The lowest BCUT2D eigenvalue weighted by atomic mass is 9.77. The van der Waals surface area contributed by atoms with E-state index in [-0.39, 0.29) is 0 Å². The van der Waals surface area contributed by atoms with Gasteiger partial charge >= 0.3 is 0 Å². The molecule has 2 aliphatic heterocycles. The molecule has 1 aliphatic carbocycles. The van der Waals surface area contributed by atoms with Crippen LogP contribution in [0, 0.1) is 5.92 Å². The first-order valence-electron chi connectivity index (χ1n) is 10.2. The predicted octanol–water partition coefficient (Wildman–Crippen LogP) is 2.74. The van der Waals surface area contributed by atoms with Gasteiger partial charge in [0.1, 0.15) is 0 Å². The van der Waals surface area contributed by atoms with Gasteiger partial charge in [-0.2, -0.15) is 5.10 Å². The van der Waals surface area contributed by atoms with Gasteiger partial charge in [0, 0.05) is 28.3 Å². The number of aromatic nitrogens is 2. The van der Waals surface area contributed by atoms with Crippen LogP contribution in [0.15, 0.2) is 39.4 Å². The Balaban J connectivity index is 1.47. The summed E-state index contributed by atoms with van der Waals surface area (Å²) in [5.41, 5.74) is 7.61. The number of H-pyrrole nitrogens is 1. The molecule has 0 saturated heterocycles. The average Bonchev–Trinajstić information content (AvgIpc) is 3.04. The van der Waals surface area contributed by atoms with Gasteiger partial charge in [0.2, 0.25) is 5.88 Å². The highest BCUT2D eigenvalue weighted by atomic mass is 35.5. The standard InChI is InChI=1S/C22H24ClN5O/c1-29-19-4-2-3-17(27-19)13-5-7-14(8-6-13)20-16(23)9-10-24-21-15-11-25-26-12-18(15)28-22(20)21/h2-4,9,12-14,25,28H,5-8,10-11H2,1H3. The molecule has 0 atom stereocenters. The van der Waals surface area contributed by atoms with Crippen LogP contribution in [0.4, 0.5) is 0 Å². The topological polar surface area (TPSA) is 74.7 Å². The van der Waals surface area contributed by atoms with Crippen molar-refractivity contribution in [2.24, 2.45) is 16.0 Å². The summed E-state index contributed by atoms with van der Waals surface area (Å²) in [7, 11) is 1.67. The zero-order valence-electron chi connectivity index (χ0n) is 16.4. The Labute approximate surface area is 174 Å². The Morgan fingerprint density at radius 1 is 1.14 bits per heavy atom. The van der Waals surface area contributed by atoms with Crippen LogP contribution >= 0.6 is 11.6 Å². The van der Waals surface area contributed by atoms with Crippen LogP contribution in [0.2, 0.25) is 0 Å². The lowest BCUT2D eigenvalue weighted by Crippen LogP contribution is -2.32. The van der Waals surface area contributed by atoms with E-state index < -0.39 is 0 Å². The summed E-state index contributed by atoms with van der Waals surface area (Å²) in [6.07, 6.45) is 8.22. The molecule has 2 N–H and O–H groups in total. The molecule has 2 aromatic heterocycles. The van der Waals surface area contributed by atoms with Crippen LogP contribution in [-0.4, -0.2) is 29.8 Å². The minimum atomic E-state index is 0.414. The molecule has 3 aliphatic rings. The molecular formula is C22H24ClN5O. The fourth-order valence-electron chi connectivity index (χ4n) is 4.74. The number of nitrogens with zero attached hydrogens (tertiary/aromatic N) is 3. The third-order valence-electron chi connectivity index (χ3n) is 6.20. The van der Waals surface area contributed by atoms with Gasteiger partial charge in [-0.25, -0.2) is 4.98 Å². The first kappa shape index (κ1) is 18.4. The number of aromatic amines is 1. The second-order valence-electron chi connectivity index (χ2n) is 7.79. The predicted molar refractivity (Wildman–Crippen MR) is 114 cm³/mol. The molecule has 0 unspecified atom stereocenters. The summed E-state index contributed by atoms with van der Waals surface area (Å²) in [4.78, 5) is 13.0. The van der Waals surface area contributed by atoms with E-state index >= 15 is 0 Å². The molecule has 29 heavy (non-hydrogen) atoms. The Bertz CT molecular complexity index is 1110. The van der Waals surface area contributed by atoms with Crippen LogP contribution in [-0.2, 0) is 6.54 Å². The number of rotatable bonds is 3. The van der Waals surface area contributed by atoms with Gasteiger partial charge in [0.15, 0.2) is 0 Å². The molecule has 1 fully saturated rings. The number of pyridine rings is 1. The molecule has 0 radical (unpaired) electrons. The van der Waals surface area contributed by atoms with E-state index in [2.05, 4.69) is 26.6 Å². The number of hydrogen-bond acceptors (Lipinski definition) is 5. The van der Waals surface area contributed by atoms with E-state index in [0.717, 1.165) is 52.8 Å². The van der Waals surface area contributed by atoms with Gasteiger partial charge in [0.05, 0.1) is 42.8 Å². The highest BCUT2D eigenvalue weighted by Gasteiger charge is 2.29. The maximum Gasteiger partial charge on any atom is 0.213 e. The lowest BCUT2D eigenvalue weighted by molar-refractivity contribution is 0.367. The van der Waals surface area contributed by atoms with E-state index in [1.807, 2.05) is 24.4 Å². The van der Waals surface area contributed by atoms with Crippen molar-refractivity contribution < 1.29 is 4.74 Å². The zero-order chi connectivity index (χ0) is 19.8. The quantitative estimate of drug-likeness (QED) is 0.818. The summed E-state index contributed by atoms with van der Waals surface area (Å²) in [5.74, 6) is 1.57. The molecule has 0 spiro atoms. The normalized spacial score (nSPS) is 23.2. The van der Waals surface area contributed by atoms with Crippen LogP contribution in [0.5, 0.6) is 5.88 Å². The van der Waals surface area contributed by atoms with Gasteiger partial charge < -0.3 is 15.1 Å². The Kier molecular flexibility index (Phi) is 4.87. The third kappa shape index (κ3) is 3.35. The van der Waals surface area contributed by atoms with E-state index in [9.17, 15) is 0 Å². The molecule has 6 nitrogen and oxygen atoms in total. The van der Waals surface area contributed by atoms with Crippen molar-refractivity contribution in [2.45, 2.75) is 38.1 Å². The molecule has 0 amide bonds. The maximum atomic E-state index is 6.77. The Morgan fingerprint density at radius 3 is 2.79 bits per heavy atom. The second kappa shape index (κ2) is 7.67. The number of ether oxygens (including phenoxy) is 1. The number of halogens is 1. The molecule has 1 saturated carbocycles. The molecule has 7 heteroatoms. The number of hydrazone groups is 1. The van der Waals surface area contributed by atoms with Crippen LogP contribution in [0.3, 0.4) is 0 Å². The monoisotopic (exact) mass is 409 g/mol. The molecule has 0 aromatic carbocycles. The number of nitrogens with one attached hydrogen (secondary N) is 2. The van der Waals surface area contributed by atoms with E-state index in [4.69, 9.17) is 21.3 Å². The fraction of sp³-hybridized carbons (Fsp3) is 0.409. The second-order valence-corrected chi connectivity index (χ2v) is 8.20. The van der Waals surface area contributed by atoms with Crippen LogP contribution in [0.1, 0.15) is 48.6 Å². The highest BCUT2D eigenvalue weighted by molar-refractivity contribution is 6.35. The third-order valence-corrected chi connectivity index (χ3v) is 6.56. The van der Waals surface area contributed by atoms with E-state index in [1.165, 1.54) is 11.1 Å². The highest BCUT2D eigenvalue weighted by Crippen LogP contribution is 2.41. The molecule has 2 aromatic rings. The van der Waals surface area contributed by atoms with Crippen molar-refractivity contribution in [2.75, 3.05) is 13.7 Å². The Hall–Kier alpha value is -2.60. The largest absolute Gasteiger partial charge is 0.481 e. The van der Waals surface area contributed by atoms with Crippen LogP contribution < -0.4 is 20.9 Å². The van der Waals surface area contributed by atoms with Gasteiger partial charge in [0.25, 0.3) is 0 Å². The Morgan fingerprint density at radius 2 is 1.97 bits per heavy atom. The van der Waals surface area contributed by atoms with Crippen LogP contribution in [0.25, 0.3) is 5.57 Å². The molecule has 5 rings (SSSR count). The number of methoxy groups -OCH3 is 1. The lowest BCUT2D eigenvalue weighted by Gasteiger charge is -2.29. The van der Waals surface area contributed by atoms with Crippen molar-refractivity contribution >= 4 is 23.4 Å². The SMILES string of the molecule is COc1cccc(C2CCC(C3=c4[nH]c5c(c4=NCC=C3Cl)CNN=C5)CC2)n1. The molecule has 4 heterocycles. The summed E-state index contributed by atoms with van der Waals surface area (Å²) in [6.45, 7) is 1.31. The maximum absolute atomic E-state index is 6.77. The number of hydrogen-bond donors (Lipinski definition) is 2. The zero-order valence-corrected chi connectivity index (χ0v) is 17.2. The first-order valence-corrected chi connectivity index (χ1v) is 10.5. The van der Waals surface area contributed by atoms with Crippen molar-refractivity contribution in [1.29, 1.82) is 0 Å². The summed E-state index contributed by atoms with van der Waals surface area (Å²) < 4.78 is 5.30. The van der Waals surface area contributed by atoms with E-state index in [1.54, 1.807) is 7.11 Å². The van der Waals surface area contributed by atoms with Gasteiger partial charge in [-0.15, -0.1) is 0 Å². The summed E-state index contributed by atoms with van der Waals surface area (Å²) in [6, 6.07) is 6.04. The van der Waals surface area contributed by atoms with Gasteiger partial charge in [-0.05, 0) is 49.3 Å². The summed E-state index contributed by atoms with van der Waals surface area (Å²) in [5, 5.41) is 7.12. The average molecular weight is 410 g/mol. The molecular weight excluding hydrogens is 386 g/mol.